The van der Waals surface area contributed by atoms with Gasteiger partial charge in [0, 0.05) is 18.4 Å². The Balaban J connectivity index is 4.46. The molecule has 0 aromatic carbocycles. The summed E-state index contributed by atoms with van der Waals surface area (Å²) < 4.78 is 0. The first-order valence-electron chi connectivity index (χ1n) is 6.34. The van der Waals surface area contributed by atoms with Crippen molar-refractivity contribution in [1.82, 2.24) is 0 Å². The maximum Gasteiger partial charge on any atom is 0.132 e. The monoisotopic (exact) mass is 233 g/mol. The van der Waals surface area contributed by atoms with Gasteiger partial charge in [0.05, 0.1) is 6.07 Å². The van der Waals surface area contributed by atoms with Crippen LogP contribution in [0.2, 0.25) is 0 Å². The van der Waals surface area contributed by atoms with Gasteiger partial charge in [0.1, 0.15) is 5.78 Å². The molecule has 0 rings (SSSR count). The molecule has 0 radical (unpaired) electrons. The second-order valence-corrected chi connectivity index (χ2v) is 4.39. The minimum absolute atomic E-state index is 0.330. The number of carbonyl (C=O) groups is 1. The Morgan fingerprint density at radius 3 is 2.41 bits per heavy atom. The number of rotatable bonds is 7. The Hall–Kier alpha value is -1.36. The van der Waals surface area contributed by atoms with Gasteiger partial charge in [-0.05, 0) is 31.8 Å². The fourth-order valence-electron chi connectivity index (χ4n) is 1.64. The zero-order valence-electron chi connectivity index (χ0n) is 11.4. The standard InChI is InChI=1S/C15H23NO/c1-5-14(9-7-12(3)11-16)13(4)8-10-15(17)6-2/h7,9,13H,5-6,8,10H2,1-4H3/b12-7+,14-9+. The molecule has 0 bridgehead atoms. The molecule has 94 valence electrons. The van der Waals surface area contributed by atoms with Crippen molar-refractivity contribution in [1.29, 1.82) is 5.26 Å². The topological polar surface area (TPSA) is 40.9 Å². The van der Waals surface area contributed by atoms with Gasteiger partial charge in [-0.2, -0.15) is 5.26 Å². The van der Waals surface area contributed by atoms with Gasteiger partial charge in [-0.1, -0.05) is 32.4 Å². The van der Waals surface area contributed by atoms with Gasteiger partial charge in [0.25, 0.3) is 0 Å². The summed E-state index contributed by atoms with van der Waals surface area (Å²) in [6.45, 7) is 7.96. The van der Waals surface area contributed by atoms with E-state index in [0.29, 0.717) is 30.1 Å². The molecule has 0 aliphatic carbocycles. The third kappa shape index (κ3) is 6.73. The molecule has 0 aliphatic heterocycles. The first-order valence-corrected chi connectivity index (χ1v) is 6.34. The summed E-state index contributed by atoms with van der Waals surface area (Å²) in [5.74, 6) is 0.745. The predicted molar refractivity (Wildman–Crippen MR) is 71.4 cm³/mol. The van der Waals surface area contributed by atoms with Crippen LogP contribution in [0.3, 0.4) is 0 Å². The molecule has 0 spiro atoms. The molecule has 1 unspecified atom stereocenters. The first kappa shape index (κ1) is 15.6. The van der Waals surface area contributed by atoms with Crippen LogP contribution in [0.25, 0.3) is 0 Å². The van der Waals surface area contributed by atoms with Gasteiger partial charge in [-0.15, -0.1) is 0 Å². The highest BCUT2D eigenvalue weighted by molar-refractivity contribution is 5.77. The largest absolute Gasteiger partial charge is 0.300 e. The number of ketones is 1. The molecular weight excluding hydrogens is 210 g/mol. The van der Waals surface area contributed by atoms with E-state index in [-0.39, 0.29) is 0 Å². The Labute approximate surface area is 105 Å². The third-order valence-corrected chi connectivity index (χ3v) is 3.02. The number of hydrogen-bond donors (Lipinski definition) is 0. The van der Waals surface area contributed by atoms with Crippen molar-refractivity contribution in [3.05, 3.63) is 23.3 Å². The van der Waals surface area contributed by atoms with Gasteiger partial charge in [-0.25, -0.2) is 0 Å². The lowest BCUT2D eigenvalue weighted by Gasteiger charge is -2.13. The Morgan fingerprint density at radius 1 is 1.29 bits per heavy atom. The molecular formula is C15H23NO. The molecule has 0 aliphatic rings. The molecule has 2 nitrogen and oxygen atoms in total. The fourth-order valence-corrected chi connectivity index (χ4v) is 1.64. The van der Waals surface area contributed by atoms with Crippen molar-refractivity contribution in [3.8, 4) is 6.07 Å². The van der Waals surface area contributed by atoms with E-state index < -0.39 is 0 Å². The average molecular weight is 233 g/mol. The van der Waals surface area contributed by atoms with Crippen molar-refractivity contribution in [3.63, 3.8) is 0 Å². The second kappa shape index (κ2) is 8.75. The molecule has 2 heteroatoms. The lowest BCUT2D eigenvalue weighted by molar-refractivity contribution is -0.118. The van der Waals surface area contributed by atoms with Crippen molar-refractivity contribution in [2.24, 2.45) is 5.92 Å². The van der Waals surface area contributed by atoms with Crippen molar-refractivity contribution in [2.45, 2.75) is 53.4 Å². The fraction of sp³-hybridized carbons (Fsp3) is 0.600. The predicted octanol–water partition coefficient (Wildman–Crippen LogP) is 4.19. The smallest absolute Gasteiger partial charge is 0.132 e. The molecule has 0 aromatic heterocycles. The van der Waals surface area contributed by atoms with Crippen LogP contribution in [0.5, 0.6) is 0 Å². The van der Waals surface area contributed by atoms with E-state index >= 15 is 0 Å². The number of nitriles is 1. The van der Waals surface area contributed by atoms with Gasteiger partial charge >= 0.3 is 0 Å². The van der Waals surface area contributed by atoms with E-state index in [2.05, 4.69) is 19.9 Å². The van der Waals surface area contributed by atoms with Crippen molar-refractivity contribution in [2.75, 3.05) is 0 Å². The maximum absolute atomic E-state index is 11.3. The molecule has 17 heavy (non-hydrogen) atoms. The maximum atomic E-state index is 11.3. The van der Waals surface area contributed by atoms with Gasteiger partial charge in [0.15, 0.2) is 0 Å². The number of allylic oxidation sites excluding steroid dienone is 4. The summed E-state index contributed by atoms with van der Waals surface area (Å²) in [7, 11) is 0. The highest BCUT2D eigenvalue weighted by atomic mass is 16.1. The SMILES string of the molecule is CCC(=O)CCC(C)/C(=C/C=C(\C)C#N)CC. The van der Waals surface area contributed by atoms with E-state index in [1.165, 1.54) is 5.57 Å². The molecule has 1 atom stereocenters. The summed E-state index contributed by atoms with van der Waals surface area (Å²) in [6, 6.07) is 2.11. The van der Waals surface area contributed by atoms with Crippen LogP contribution in [-0.4, -0.2) is 5.78 Å². The van der Waals surface area contributed by atoms with Gasteiger partial charge < -0.3 is 0 Å². The van der Waals surface area contributed by atoms with E-state index in [0.717, 1.165) is 12.8 Å². The lowest BCUT2D eigenvalue weighted by Crippen LogP contribution is -2.03. The van der Waals surface area contributed by atoms with Crippen LogP contribution in [-0.2, 0) is 4.79 Å². The molecule has 0 fully saturated rings. The zero-order chi connectivity index (χ0) is 13.3. The second-order valence-electron chi connectivity index (χ2n) is 4.39. The van der Waals surface area contributed by atoms with Gasteiger partial charge in [-0.3, -0.25) is 4.79 Å². The minimum Gasteiger partial charge on any atom is -0.300 e. The summed E-state index contributed by atoms with van der Waals surface area (Å²) in [6.07, 6.45) is 7.06. The van der Waals surface area contributed by atoms with Gasteiger partial charge in [0.2, 0.25) is 0 Å². The van der Waals surface area contributed by atoms with E-state index in [9.17, 15) is 4.79 Å². The van der Waals surface area contributed by atoms with Crippen molar-refractivity contribution >= 4 is 5.78 Å². The van der Waals surface area contributed by atoms with Crippen molar-refractivity contribution < 1.29 is 4.79 Å². The van der Waals surface area contributed by atoms with Crippen LogP contribution in [0, 0.1) is 17.2 Å². The number of nitrogens with zero attached hydrogens (tertiary/aromatic N) is 1. The number of Topliss-reactive ketones (excluding diaryl/α,β-unsaturated/α-hetero) is 1. The Kier molecular flexibility index (Phi) is 8.05. The number of hydrogen-bond acceptors (Lipinski definition) is 2. The highest BCUT2D eigenvalue weighted by Gasteiger charge is 2.08. The zero-order valence-corrected chi connectivity index (χ0v) is 11.4. The third-order valence-electron chi connectivity index (χ3n) is 3.02. The molecule has 0 saturated heterocycles. The molecule has 0 heterocycles. The first-order chi connectivity index (χ1) is 8.04. The molecule has 0 amide bonds. The summed E-state index contributed by atoms with van der Waals surface area (Å²) in [5, 5.41) is 8.67. The molecule has 0 aromatic rings. The molecule has 0 saturated carbocycles. The van der Waals surface area contributed by atoms with Crippen LogP contribution < -0.4 is 0 Å². The summed E-state index contributed by atoms with van der Waals surface area (Å²) in [4.78, 5) is 11.3. The van der Waals surface area contributed by atoms with E-state index in [4.69, 9.17) is 5.26 Å². The summed E-state index contributed by atoms with van der Waals surface area (Å²) >= 11 is 0. The van der Waals surface area contributed by atoms with Crippen LogP contribution in [0.1, 0.15) is 53.4 Å². The quantitative estimate of drug-likeness (QED) is 0.488. The number of carbonyl (C=O) groups excluding carboxylic acids is 1. The van der Waals surface area contributed by atoms with E-state index in [1.807, 2.05) is 19.1 Å². The van der Waals surface area contributed by atoms with Crippen LogP contribution in [0.4, 0.5) is 0 Å². The normalized spacial score (nSPS) is 14.3. The van der Waals surface area contributed by atoms with E-state index in [1.54, 1.807) is 6.92 Å². The Bertz CT molecular complexity index is 344. The average Bonchev–Trinajstić information content (AvgIpc) is 2.35. The highest BCUT2D eigenvalue weighted by Crippen LogP contribution is 2.20. The van der Waals surface area contributed by atoms with Crippen LogP contribution in [0.15, 0.2) is 23.3 Å². The summed E-state index contributed by atoms with van der Waals surface area (Å²) in [5.41, 5.74) is 2.02. The lowest BCUT2D eigenvalue weighted by atomic mass is 9.92. The molecule has 0 N–H and O–H groups in total. The minimum atomic E-state index is 0.330. The van der Waals surface area contributed by atoms with Crippen LogP contribution >= 0.6 is 0 Å². The Morgan fingerprint density at radius 2 is 1.94 bits per heavy atom.